The van der Waals surface area contributed by atoms with Crippen LogP contribution in [0.2, 0.25) is 0 Å². The molecule has 3 aliphatic rings. The molecule has 2 aromatic carbocycles. The monoisotopic (exact) mass is 525 g/mol. The number of carbonyl (C=O) groups excluding carboxylic acids is 3. The van der Waals surface area contributed by atoms with E-state index in [1.807, 2.05) is 6.92 Å². The van der Waals surface area contributed by atoms with Gasteiger partial charge >= 0.3 is 0 Å². The number of morpholine rings is 2. The number of anilines is 2. The van der Waals surface area contributed by atoms with E-state index in [1.54, 1.807) is 18.2 Å². The number of halogens is 1. The molecule has 4 N–H and O–H groups in total. The lowest BCUT2D eigenvalue weighted by Gasteiger charge is -2.35. The first-order chi connectivity index (χ1) is 18.2. The zero-order valence-electron chi connectivity index (χ0n) is 20.7. The standard InChI is InChI=1S/C26H28FN5O6/c1-14-13-37-8-6-31(14)25(35)19-11-17(3-5-20(19)27)32-7-9-38-22(26(32)36)21(33)24(34)30-16-2-4-18-15(10-16)12-29-23(18)28/h2-5,10-11,14,21-22,33H,6-9,12-13H2,1H3,(H2,28,29)(H,30,34)/t14-,21?,22-/m1/s1. The van der Waals surface area contributed by atoms with Crippen LogP contribution in [-0.4, -0.2) is 84.7 Å². The van der Waals surface area contributed by atoms with Crippen molar-refractivity contribution in [2.45, 2.75) is 31.7 Å². The van der Waals surface area contributed by atoms with E-state index in [9.17, 15) is 23.9 Å². The lowest BCUT2D eigenvalue weighted by molar-refractivity contribution is -0.150. The molecule has 12 heteroatoms. The van der Waals surface area contributed by atoms with Gasteiger partial charge in [0.15, 0.2) is 12.2 Å². The molecule has 3 amide bonds. The summed E-state index contributed by atoms with van der Waals surface area (Å²) in [6.45, 7) is 3.41. The Bertz CT molecular complexity index is 1300. The number of hydrogen-bond donors (Lipinski definition) is 4. The molecule has 0 spiro atoms. The second kappa shape index (κ2) is 10.5. The summed E-state index contributed by atoms with van der Waals surface area (Å²) in [4.78, 5) is 41.9. The number of nitrogens with zero attached hydrogens (tertiary/aromatic N) is 2. The van der Waals surface area contributed by atoms with Gasteiger partial charge in [0.05, 0.1) is 31.4 Å². The third-order valence-electron chi connectivity index (χ3n) is 6.90. The average Bonchev–Trinajstić information content (AvgIpc) is 3.28. The maximum atomic E-state index is 14.7. The van der Waals surface area contributed by atoms with Crippen molar-refractivity contribution < 1.29 is 33.4 Å². The number of carbonyl (C=O) groups is 3. The number of ether oxygens (including phenoxy) is 2. The zero-order valence-corrected chi connectivity index (χ0v) is 20.7. The fourth-order valence-corrected chi connectivity index (χ4v) is 4.81. The first-order valence-electron chi connectivity index (χ1n) is 12.3. The minimum atomic E-state index is -1.81. The third-order valence-corrected chi connectivity index (χ3v) is 6.90. The minimum absolute atomic E-state index is 0.0223. The molecule has 2 saturated heterocycles. The van der Waals surface area contributed by atoms with Crippen LogP contribution < -0.4 is 15.5 Å². The molecule has 0 radical (unpaired) electrons. The first-order valence-corrected chi connectivity index (χ1v) is 12.3. The van der Waals surface area contributed by atoms with Crippen LogP contribution in [0.4, 0.5) is 15.8 Å². The summed E-state index contributed by atoms with van der Waals surface area (Å²) in [5.41, 5.74) is 2.04. The molecule has 0 aliphatic carbocycles. The number of aliphatic hydroxyl groups excluding tert-OH is 1. The topological polar surface area (TPSA) is 144 Å². The summed E-state index contributed by atoms with van der Waals surface area (Å²) in [6.07, 6.45) is -3.30. The van der Waals surface area contributed by atoms with E-state index in [4.69, 9.17) is 14.9 Å². The smallest absolute Gasteiger partial charge is 0.259 e. The second-order valence-electron chi connectivity index (χ2n) is 9.40. The molecule has 11 nitrogen and oxygen atoms in total. The highest BCUT2D eigenvalue weighted by Crippen LogP contribution is 2.26. The fraction of sp³-hybridized carbons (Fsp3) is 0.385. The summed E-state index contributed by atoms with van der Waals surface area (Å²) in [5.74, 6) is -2.44. The molecule has 38 heavy (non-hydrogen) atoms. The molecule has 0 saturated carbocycles. The van der Waals surface area contributed by atoms with Crippen molar-refractivity contribution in [3.8, 4) is 0 Å². The summed E-state index contributed by atoms with van der Waals surface area (Å²) in [7, 11) is 0. The van der Waals surface area contributed by atoms with Crippen LogP contribution in [-0.2, 0) is 25.6 Å². The normalized spacial score (nSPS) is 22.1. The van der Waals surface area contributed by atoms with Crippen molar-refractivity contribution in [1.29, 1.82) is 5.41 Å². The Kier molecular flexibility index (Phi) is 7.11. The number of aliphatic hydroxyl groups is 1. The quantitative estimate of drug-likeness (QED) is 0.453. The molecule has 5 rings (SSSR count). The van der Waals surface area contributed by atoms with Gasteiger partial charge in [-0.25, -0.2) is 4.39 Å². The Morgan fingerprint density at radius 1 is 1.21 bits per heavy atom. The molecule has 3 heterocycles. The Morgan fingerprint density at radius 3 is 2.82 bits per heavy atom. The number of nitrogens with one attached hydrogen (secondary N) is 3. The number of rotatable bonds is 5. The van der Waals surface area contributed by atoms with E-state index in [2.05, 4.69) is 10.6 Å². The van der Waals surface area contributed by atoms with Crippen LogP contribution in [0, 0.1) is 11.2 Å². The van der Waals surface area contributed by atoms with Gasteiger partial charge in [-0.05, 0) is 48.9 Å². The van der Waals surface area contributed by atoms with Gasteiger partial charge in [0.2, 0.25) is 0 Å². The third kappa shape index (κ3) is 4.85. The van der Waals surface area contributed by atoms with Crippen LogP contribution in [0.5, 0.6) is 0 Å². The number of fused-ring (bicyclic) bond motifs is 1. The van der Waals surface area contributed by atoms with Gasteiger partial charge in [0.1, 0.15) is 11.7 Å². The summed E-state index contributed by atoms with van der Waals surface area (Å²) >= 11 is 0. The van der Waals surface area contributed by atoms with E-state index in [1.165, 1.54) is 21.9 Å². The van der Waals surface area contributed by atoms with Gasteiger partial charge < -0.3 is 35.0 Å². The number of hydrogen-bond acceptors (Lipinski definition) is 7. The molecular formula is C26H28FN5O6. The van der Waals surface area contributed by atoms with Gasteiger partial charge in [-0.15, -0.1) is 0 Å². The molecule has 0 aromatic heterocycles. The van der Waals surface area contributed by atoms with Gasteiger partial charge in [-0.1, -0.05) is 0 Å². The van der Waals surface area contributed by atoms with E-state index in [0.717, 1.165) is 17.2 Å². The number of benzene rings is 2. The summed E-state index contributed by atoms with van der Waals surface area (Å²) < 4.78 is 25.5. The van der Waals surface area contributed by atoms with Crippen LogP contribution in [0.1, 0.15) is 28.4 Å². The molecule has 200 valence electrons. The average molecular weight is 526 g/mol. The van der Waals surface area contributed by atoms with Crippen molar-refractivity contribution in [2.24, 2.45) is 0 Å². The van der Waals surface area contributed by atoms with Gasteiger partial charge in [-0.3, -0.25) is 19.8 Å². The Labute approximate surface area is 218 Å². The highest BCUT2D eigenvalue weighted by atomic mass is 19.1. The Hall–Kier alpha value is -3.87. The zero-order chi connectivity index (χ0) is 27.0. The van der Waals surface area contributed by atoms with Gasteiger partial charge in [0, 0.05) is 36.6 Å². The van der Waals surface area contributed by atoms with Gasteiger partial charge in [-0.2, -0.15) is 0 Å². The predicted octanol–water partition coefficient (Wildman–Crippen LogP) is 0.847. The van der Waals surface area contributed by atoms with Crippen LogP contribution in [0.15, 0.2) is 36.4 Å². The van der Waals surface area contributed by atoms with E-state index in [-0.39, 0.29) is 30.4 Å². The lowest BCUT2D eigenvalue weighted by Crippen LogP contribution is -2.55. The summed E-state index contributed by atoms with van der Waals surface area (Å²) in [5, 5.41) is 24.0. The molecule has 2 fully saturated rings. The number of amides is 3. The minimum Gasteiger partial charge on any atom is -0.380 e. The second-order valence-corrected chi connectivity index (χ2v) is 9.40. The Balaban J connectivity index is 1.30. The van der Waals surface area contributed by atoms with Crippen molar-refractivity contribution in [3.05, 3.63) is 58.9 Å². The van der Waals surface area contributed by atoms with E-state index in [0.29, 0.717) is 37.8 Å². The fourth-order valence-electron chi connectivity index (χ4n) is 4.81. The van der Waals surface area contributed by atoms with Crippen molar-refractivity contribution in [3.63, 3.8) is 0 Å². The van der Waals surface area contributed by atoms with Crippen LogP contribution >= 0.6 is 0 Å². The largest absolute Gasteiger partial charge is 0.380 e. The van der Waals surface area contributed by atoms with Crippen LogP contribution in [0.25, 0.3) is 0 Å². The summed E-state index contributed by atoms with van der Waals surface area (Å²) in [6, 6.07) is 8.56. The van der Waals surface area contributed by atoms with Crippen molar-refractivity contribution >= 4 is 34.9 Å². The highest BCUT2D eigenvalue weighted by molar-refractivity contribution is 6.05. The molecular weight excluding hydrogens is 497 g/mol. The van der Waals surface area contributed by atoms with Gasteiger partial charge in [0.25, 0.3) is 17.7 Å². The lowest BCUT2D eigenvalue weighted by atomic mass is 10.1. The maximum absolute atomic E-state index is 14.7. The maximum Gasteiger partial charge on any atom is 0.259 e. The number of amidine groups is 1. The van der Waals surface area contributed by atoms with Crippen molar-refractivity contribution in [2.75, 3.05) is 43.1 Å². The molecule has 2 aromatic rings. The molecule has 1 unspecified atom stereocenters. The Morgan fingerprint density at radius 2 is 2.03 bits per heavy atom. The molecule has 3 aliphatic heterocycles. The molecule has 3 atom stereocenters. The highest BCUT2D eigenvalue weighted by Gasteiger charge is 2.40. The van der Waals surface area contributed by atoms with E-state index < -0.39 is 35.7 Å². The molecule has 0 bridgehead atoms. The SMILES string of the molecule is C[C@@H]1COCCN1C(=O)c1cc(N2CCO[C@H](C(O)C(=O)Nc3ccc4c(c3)CNC4=N)C2=O)ccc1F. The van der Waals surface area contributed by atoms with Crippen molar-refractivity contribution in [1.82, 2.24) is 10.2 Å². The van der Waals surface area contributed by atoms with E-state index >= 15 is 0 Å². The van der Waals surface area contributed by atoms with Crippen LogP contribution in [0.3, 0.4) is 0 Å². The predicted molar refractivity (Wildman–Crippen MR) is 135 cm³/mol. The first kappa shape index (κ1) is 25.8.